The van der Waals surface area contributed by atoms with Gasteiger partial charge in [-0.05, 0) is 0 Å². The Morgan fingerprint density at radius 3 is 1.00 bits per heavy atom. The summed E-state index contributed by atoms with van der Waals surface area (Å²) in [6, 6.07) is 0. The molecule has 5 heavy (non-hydrogen) atoms. The molecule has 0 atom stereocenters. The molecule has 0 bridgehead atoms. The van der Waals surface area contributed by atoms with E-state index in [-0.39, 0.29) is 131 Å². The van der Waals surface area contributed by atoms with Crippen molar-refractivity contribution >= 4 is 125 Å². The molecule has 0 nitrogen and oxygen atoms in total. The third kappa shape index (κ3) is 18.2. The van der Waals surface area contributed by atoms with Crippen molar-refractivity contribution in [1.82, 2.24) is 0 Å². The van der Waals surface area contributed by atoms with Gasteiger partial charge in [0.2, 0.25) is 0 Å². The maximum Gasteiger partial charge on any atom is 2.00 e. The number of rotatable bonds is 0. The molecule has 0 aromatic heterocycles. The van der Waals surface area contributed by atoms with Gasteiger partial charge >= 0.3 is 86.6 Å². The first kappa shape index (κ1) is 37.3. The van der Waals surface area contributed by atoms with Crippen LogP contribution in [0.1, 0.15) is 5.71 Å². The first-order valence-corrected chi connectivity index (χ1v) is 0. The van der Waals surface area contributed by atoms with Gasteiger partial charge in [-0.2, -0.15) is 13.5 Å². The molecule has 0 aliphatic heterocycles. The minimum absolute atomic E-state index is 0. The van der Waals surface area contributed by atoms with Gasteiger partial charge in [-0.1, -0.05) is 0 Å². The Hall–Kier alpha value is 3.76. The molecule has 0 aromatic carbocycles. The van der Waals surface area contributed by atoms with Crippen molar-refractivity contribution in [2.24, 2.45) is 0 Å². The Morgan fingerprint density at radius 2 is 1.00 bits per heavy atom. The van der Waals surface area contributed by atoms with Crippen molar-refractivity contribution in [2.45, 2.75) is 0 Å². The van der Waals surface area contributed by atoms with E-state index in [1.807, 2.05) is 0 Å². The van der Waals surface area contributed by atoms with E-state index >= 15 is 0 Å². The van der Waals surface area contributed by atoms with Crippen LogP contribution in [0, 0.1) is 0 Å². The Kier molecular flexibility index (Phi) is 187. The van der Waals surface area contributed by atoms with Crippen LogP contribution in [0.25, 0.3) is 0 Å². The molecule has 0 aliphatic carbocycles. The molecule has 0 amide bonds. The molecule has 0 N–H and O–H groups in total. The van der Waals surface area contributed by atoms with E-state index in [0.29, 0.717) is 0 Å². The van der Waals surface area contributed by atoms with Crippen LogP contribution in [0.5, 0.6) is 0 Å². The van der Waals surface area contributed by atoms with Crippen molar-refractivity contribution in [3.8, 4) is 0 Å². The van der Waals surface area contributed by atoms with Gasteiger partial charge in [0.25, 0.3) is 0 Å². The van der Waals surface area contributed by atoms with E-state index < -0.39 is 0 Å². The molecular weight excluding hydrogens is 280 g/mol. The molecule has 0 spiro atoms. The van der Waals surface area contributed by atoms with Crippen molar-refractivity contribution < 1.29 is 5.71 Å². The fraction of sp³-hybridized carbons (Fsp3) is 0. The summed E-state index contributed by atoms with van der Waals surface area (Å²) in [7, 11) is 0. The van der Waals surface area contributed by atoms with Crippen LogP contribution in [0.2, 0.25) is 0 Å². The Bertz CT molecular complexity index is 18.5. The average molecular weight is 288 g/mol. The smallest absolute Gasteiger partial charge is 1.00 e. The zero-order valence-electron chi connectivity index (χ0n) is 6.73. The zero-order chi connectivity index (χ0) is 0. The molecular formula is H8BaCaCl2S. The van der Waals surface area contributed by atoms with Gasteiger partial charge in [0.05, 0.1) is 0 Å². The molecule has 0 saturated heterocycles. The maximum absolute atomic E-state index is 0. The summed E-state index contributed by atoms with van der Waals surface area (Å²) >= 11 is 0. The largest absolute Gasteiger partial charge is 2.00 e. The predicted molar refractivity (Wildman–Crippen MR) is 40.8 cm³/mol. The van der Waals surface area contributed by atoms with Gasteiger partial charge in [-0.15, -0.1) is 24.8 Å². The number of halogens is 2. The standard InChI is InChI=1S/Ba.Ca.2ClH.H2S.4H/h;;2*1H;1H2;;;;/q2*+2;;;;4*-1. The molecule has 0 aliphatic rings. The van der Waals surface area contributed by atoms with Crippen LogP contribution >= 0.6 is 38.3 Å². The molecule has 0 heterocycles. The molecule has 0 unspecified atom stereocenters. The first-order valence-electron chi connectivity index (χ1n) is 0. The van der Waals surface area contributed by atoms with Crippen molar-refractivity contribution in [3.63, 3.8) is 0 Å². The third-order valence-corrected chi connectivity index (χ3v) is 0. The normalized spacial score (nSPS) is 0. The van der Waals surface area contributed by atoms with Crippen LogP contribution in [-0.4, -0.2) is 86.6 Å². The van der Waals surface area contributed by atoms with Crippen LogP contribution in [0.4, 0.5) is 0 Å². The second-order valence-electron chi connectivity index (χ2n) is 0. The van der Waals surface area contributed by atoms with Crippen LogP contribution in [0.15, 0.2) is 0 Å². The van der Waals surface area contributed by atoms with Crippen molar-refractivity contribution in [1.29, 1.82) is 0 Å². The third-order valence-electron chi connectivity index (χ3n) is 0. The second kappa shape index (κ2) is 25.1. The van der Waals surface area contributed by atoms with Crippen molar-refractivity contribution in [3.05, 3.63) is 0 Å². The number of hydrogen-bond acceptors (Lipinski definition) is 0. The first-order chi connectivity index (χ1) is 0. The van der Waals surface area contributed by atoms with Gasteiger partial charge in [0.1, 0.15) is 0 Å². The Morgan fingerprint density at radius 1 is 1.00 bits per heavy atom. The zero-order valence-corrected chi connectivity index (χ0v) is 12.0. The minimum Gasteiger partial charge on any atom is -1.00 e. The monoisotopic (exact) mass is 288 g/mol. The van der Waals surface area contributed by atoms with Crippen LogP contribution < -0.4 is 0 Å². The van der Waals surface area contributed by atoms with Crippen LogP contribution in [0.3, 0.4) is 0 Å². The fourth-order valence-corrected chi connectivity index (χ4v) is 0. The van der Waals surface area contributed by atoms with Gasteiger partial charge in [-0.25, -0.2) is 0 Å². The Balaban J connectivity index is 0. The molecule has 0 radical (unpaired) electrons. The molecule has 32 valence electrons. The van der Waals surface area contributed by atoms with Gasteiger partial charge in [0.15, 0.2) is 0 Å². The number of hydrogen-bond donors (Lipinski definition) is 0. The second-order valence-corrected chi connectivity index (χ2v) is 0. The quantitative estimate of drug-likeness (QED) is 0.574. The van der Waals surface area contributed by atoms with Gasteiger partial charge in [-0.3, -0.25) is 0 Å². The summed E-state index contributed by atoms with van der Waals surface area (Å²) in [5, 5.41) is 0. The SMILES string of the molecule is Cl.Cl.S.[Ba+2].[Ca+2].[H-].[H-].[H-].[H-]. The maximum atomic E-state index is 0. The summed E-state index contributed by atoms with van der Waals surface area (Å²) in [6.07, 6.45) is 0. The molecule has 5 heteroatoms. The summed E-state index contributed by atoms with van der Waals surface area (Å²) in [4.78, 5) is 0. The molecule has 0 fully saturated rings. The minimum atomic E-state index is 0. The van der Waals surface area contributed by atoms with E-state index in [1.165, 1.54) is 0 Å². The topological polar surface area (TPSA) is 0 Å². The summed E-state index contributed by atoms with van der Waals surface area (Å²) in [5.74, 6) is 0. The molecule has 0 aromatic rings. The van der Waals surface area contributed by atoms with Crippen molar-refractivity contribution in [2.75, 3.05) is 0 Å². The van der Waals surface area contributed by atoms with E-state index in [9.17, 15) is 0 Å². The van der Waals surface area contributed by atoms with E-state index in [4.69, 9.17) is 0 Å². The summed E-state index contributed by atoms with van der Waals surface area (Å²) < 4.78 is 0. The molecule has 0 rings (SSSR count). The summed E-state index contributed by atoms with van der Waals surface area (Å²) in [5.41, 5.74) is 0. The van der Waals surface area contributed by atoms with Gasteiger partial charge in [0, 0.05) is 0 Å². The van der Waals surface area contributed by atoms with E-state index in [2.05, 4.69) is 0 Å². The van der Waals surface area contributed by atoms with E-state index in [1.54, 1.807) is 0 Å². The fourth-order valence-electron chi connectivity index (χ4n) is 0. The predicted octanol–water partition coefficient (Wildman–Crippen LogP) is 0.645. The summed E-state index contributed by atoms with van der Waals surface area (Å²) in [6.45, 7) is 0. The average Bonchev–Trinajstić information content (AvgIpc) is 0. The van der Waals surface area contributed by atoms with E-state index in [0.717, 1.165) is 0 Å². The van der Waals surface area contributed by atoms with Gasteiger partial charge < -0.3 is 5.71 Å². The Labute approximate surface area is 127 Å². The van der Waals surface area contributed by atoms with Crippen LogP contribution in [-0.2, 0) is 0 Å². The molecule has 0 saturated carbocycles.